The third kappa shape index (κ3) is 3.55. The zero-order valence-electron chi connectivity index (χ0n) is 14.5. The first-order valence-corrected chi connectivity index (χ1v) is 9.78. The van der Waals surface area contributed by atoms with E-state index in [1.165, 1.54) is 10.4 Å². The molecule has 2 aromatic rings. The molecule has 3 heterocycles. The third-order valence-corrected chi connectivity index (χ3v) is 6.06. The molecule has 0 bridgehead atoms. The van der Waals surface area contributed by atoms with Gasteiger partial charge in [0.15, 0.2) is 0 Å². The Bertz CT molecular complexity index is 751. The smallest absolute Gasteiger partial charge is 0.257 e. The van der Waals surface area contributed by atoms with Gasteiger partial charge in [-0.25, -0.2) is 4.98 Å². The van der Waals surface area contributed by atoms with E-state index in [2.05, 4.69) is 22.1 Å². The molecule has 1 unspecified atom stereocenters. The SMILES string of the molecule is CC1CCc2c(C(=O)Nc3ccc(N4CCOCC4)cn3)csc2C1. The number of fused-ring (bicyclic) bond motifs is 1. The van der Waals surface area contributed by atoms with Crippen LogP contribution in [0.4, 0.5) is 11.5 Å². The van der Waals surface area contributed by atoms with E-state index in [0.29, 0.717) is 5.82 Å². The summed E-state index contributed by atoms with van der Waals surface area (Å²) in [5, 5.41) is 4.95. The van der Waals surface area contributed by atoms with Gasteiger partial charge in [0.2, 0.25) is 0 Å². The molecule has 1 fully saturated rings. The van der Waals surface area contributed by atoms with Crippen LogP contribution in [0, 0.1) is 5.92 Å². The van der Waals surface area contributed by atoms with E-state index in [-0.39, 0.29) is 5.91 Å². The number of nitrogens with one attached hydrogen (secondary N) is 1. The van der Waals surface area contributed by atoms with Crippen LogP contribution in [0.3, 0.4) is 0 Å². The molecule has 132 valence electrons. The van der Waals surface area contributed by atoms with E-state index in [1.807, 2.05) is 23.7 Å². The summed E-state index contributed by atoms with van der Waals surface area (Å²) in [7, 11) is 0. The lowest BCUT2D eigenvalue weighted by Crippen LogP contribution is -2.36. The van der Waals surface area contributed by atoms with E-state index in [4.69, 9.17) is 4.74 Å². The quantitative estimate of drug-likeness (QED) is 0.915. The van der Waals surface area contributed by atoms with E-state index in [1.54, 1.807) is 11.3 Å². The number of carbonyl (C=O) groups excluding carboxylic acids is 1. The van der Waals surface area contributed by atoms with Gasteiger partial charge in [0.1, 0.15) is 5.82 Å². The number of hydrogen-bond donors (Lipinski definition) is 1. The second-order valence-corrected chi connectivity index (χ2v) is 7.82. The summed E-state index contributed by atoms with van der Waals surface area (Å²) < 4.78 is 5.37. The molecule has 0 saturated carbocycles. The van der Waals surface area contributed by atoms with E-state index in [0.717, 1.165) is 62.7 Å². The van der Waals surface area contributed by atoms with Gasteiger partial charge in [-0.3, -0.25) is 4.79 Å². The van der Waals surface area contributed by atoms with Crippen LogP contribution >= 0.6 is 11.3 Å². The lowest BCUT2D eigenvalue weighted by atomic mass is 9.88. The van der Waals surface area contributed by atoms with Crippen LogP contribution in [0.25, 0.3) is 0 Å². The summed E-state index contributed by atoms with van der Waals surface area (Å²) in [6.45, 7) is 5.54. The van der Waals surface area contributed by atoms with Crippen molar-refractivity contribution in [1.82, 2.24) is 4.98 Å². The minimum atomic E-state index is -0.0429. The van der Waals surface area contributed by atoms with E-state index in [9.17, 15) is 4.79 Å². The average Bonchev–Trinajstić information content (AvgIpc) is 3.06. The van der Waals surface area contributed by atoms with Crippen LogP contribution in [0.15, 0.2) is 23.7 Å². The molecule has 2 aliphatic rings. The fourth-order valence-corrected chi connectivity index (χ4v) is 4.76. The second-order valence-electron chi connectivity index (χ2n) is 6.85. The Morgan fingerprint density at radius 1 is 1.36 bits per heavy atom. The molecular formula is C19H23N3O2S. The Morgan fingerprint density at radius 3 is 2.96 bits per heavy atom. The van der Waals surface area contributed by atoms with Gasteiger partial charge in [0.05, 0.1) is 30.7 Å². The fourth-order valence-electron chi connectivity index (χ4n) is 3.52. The van der Waals surface area contributed by atoms with Crippen molar-refractivity contribution >= 4 is 28.7 Å². The summed E-state index contributed by atoms with van der Waals surface area (Å²) in [6, 6.07) is 3.89. The first kappa shape index (κ1) is 16.5. The van der Waals surface area contributed by atoms with E-state index < -0.39 is 0 Å². The van der Waals surface area contributed by atoms with Gasteiger partial charge in [-0.05, 0) is 42.9 Å². The van der Waals surface area contributed by atoms with Crippen LogP contribution < -0.4 is 10.2 Å². The van der Waals surface area contributed by atoms with Crippen molar-refractivity contribution in [2.75, 3.05) is 36.5 Å². The van der Waals surface area contributed by atoms with Gasteiger partial charge in [-0.2, -0.15) is 0 Å². The van der Waals surface area contributed by atoms with Crippen LogP contribution in [0.5, 0.6) is 0 Å². The normalized spacial score (nSPS) is 20.2. The van der Waals surface area contributed by atoms with Crippen LogP contribution in [-0.2, 0) is 17.6 Å². The molecule has 0 spiro atoms. The predicted molar refractivity (Wildman–Crippen MR) is 101 cm³/mol. The molecule has 1 amide bonds. The molecule has 0 radical (unpaired) electrons. The average molecular weight is 357 g/mol. The predicted octanol–water partition coefficient (Wildman–Crippen LogP) is 3.36. The zero-order chi connectivity index (χ0) is 17.2. The topological polar surface area (TPSA) is 54.5 Å². The summed E-state index contributed by atoms with van der Waals surface area (Å²) in [4.78, 5) is 20.7. The van der Waals surface area contributed by atoms with Crippen LogP contribution in [0.2, 0.25) is 0 Å². The Morgan fingerprint density at radius 2 is 2.20 bits per heavy atom. The Hall–Kier alpha value is -1.92. The third-order valence-electron chi connectivity index (χ3n) is 5.01. The number of thiophene rings is 1. The highest BCUT2D eigenvalue weighted by molar-refractivity contribution is 7.10. The number of anilines is 2. The number of ether oxygens (including phenoxy) is 1. The highest BCUT2D eigenvalue weighted by Crippen LogP contribution is 2.33. The Labute approximate surface area is 152 Å². The molecule has 1 atom stereocenters. The van der Waals surface area contributed by atoms with Crippen LogP contribution in [-0.4, -0.2) is 37.2 Å². The molecule has 1 N–H and O–H groups in total. The van der Waals surface area contributed by atoms with E-state index >= 15 is 0 Å². The van der Waals surface area contributed by atoms with Gasteiger partial charge >= 0.3 is 0 Å². The second kappa shape index (κ2) is 7.14. The van der Waals surface area contributed by atoms with Crippen molar-refractivity contribution in [3.8, 4) is 0 Å². The van der Waals surface area contributed by atoms with Crippen molar-refractivity contribution in [1.29, 1.82) is 0 Å². The van der Waals surface area contributed by atoms with Gasteiger partial charge in [-0.15, -0.1) is 11.3 Å². The van der Waals surface area contributed by atoms with Gasteiger partial charge in [-0.1, -0.05) is 6.92 Å². The van der Waals surface area contributed by atoms with Gasteiger partial charge in [0.25, 0.3) is 5.91 Å². The van der Waals surface area contributed by atoms with Crippen molar-refractivity contribution in [3.63, 3.8) is 0 Å². The molecule has 1 aliphatic carbocycles. The Balaban J connectivity index is 1.44. The molecule has 6 heteroatoms. The molecule has 1 aliphatic heterocycles. The number of aromatic nitrogens is 1. The lowest BCUT2D eigenvalue weighted by molar-refractivity contribution is 0.102. The fraction of sp³-hybridized carbons (Fsp3) is 0.474. The summed E-state index contributed by atoms with van der Waals surface area (Å²) in [5.41, 5.74) is 3.14. The molecule has 2 aromatic heterocycles. The summed E-state index contributed by atoms with van der Waals surface area (Å²) in [6.07, 6.45) is 5.09. The largest absolute Gasteiger partial charge is 0.378 e. The number of nitrogens with zero attached hydrogens (tertiary/aromatic N) is 2. The molecular weight excluding hydrogens is 334 g/mol. The Kier molecular flexibility index (Phi) is 4.72. The molecule has 4 rings (SSSR count). The zero-order valence-corrected chi connectivity index (χ0v) is 15.3. The maximum atomic E-state index is 12.6. The number of amides is 1. The first-order chi connectivity index (χ1) is 12.2. The highest BCUT2D eigenvalue weighted by Gasteiger charge is 2.23. The highest BCUT2D eigenvalue weighted by atomic mass is 32.1. The first-order valence-electron chi connectivity index (χ1n) is 8.90. The maximum absolute atomic E-state index is 12.6. The number of morpholine rings is 1. The minimum absolute atomic E-state index is 0.0429. The van der Waals surface area contributed by atoms with Gasteiger partial charge < -0.3 is 15.0 Å². The summed E-state index contributed by atoms with van der Waals surface area (Å²) >= 11 is 1.72. The lowest BCUT2D eigenvalue weighted by Gasteiger charge is -2.28. The number of hydrogen-bond acceptors (Lipinski definition) is 5. The molecule has 1 saturated heterocycles. The van der Waals surface area contributed by atoms with Crippen LogP contribution in [0.1, 0.15) is 34.1 Å². The van der Waals surface area contributed by atoms with Crippen molar-refractivity contribution < 1.29 is 9.53 Å². The monoisotopic (exact) mass is 357 g/mol. The van der Waals surface area contributed by atoms with Crippen molar-refractivity contribution in [2.24, 2.45) is 5.92 Å². The molecule has 0 aromatic carbocycles. The number of pyridine rings is 1. The molecule has 5 nitrogen and oxygen atoms in total. The van der Waals surface area contributed by atoms with Crippen molar-refractivity contribution in [3.05, 3.63) is 39.7 Å². The molecule has 25 heavy (non-hydrogen) atoms. The van der Waals surface area contributed by atoms with Gasteiger partial charge in [0, 0.05) is 23.3 Å². The standard InChI is InChI=1S/C19H23N3O2S/c1-13-2-4-15-16(12-25-17(15)10-13)19(23)21-18-5-3-14(11-20-18)22-6-8-24-9-7-22/h3,5,11-13H,2,4,6-10H2,1H3,(H,20,21,23). The number of carbonyl (C=O) groups is 1. The maximum Gasteiger partial charge on any atom is 0.257 e. The number of rotatable bonds is 3. The minimum Gasteiger partial charge on any atom is -0.378 e. The summed E-state index contributed by atoms with van der Waals surface area (Å²) in [5.74, 6) is 1.28. The van der Waals surface area contributed by atoms with Crippen molar-refractivity contribution in [2.45, 2.75) is 26.2 Å².